The molecule has 4 rings (SSSR count). The van der Waals surface area contributed by atoms with E-state index in [1.807, 2.05) is 30.3 Å². The molecule has 3 nitrogen and oxygen atoms in total. The number of para-hydroxylation sites is 2. The first kappa shape index (κ1) is 20.6. The molecule has 0 saturated carbocycles. The second-order valence-electron chi connectivity index (χ2n) is 9.70. The van der Waals surface area contributed by atoms with Crippen LogP contribution < -0.4 is 4.52 Å². The molecule has 0 aliphatic carbocycles. The minimum Gasteiger partial charge on any atom is -0.391 e. The van der Waals surface area contributed by atoms with Gasteiger partial charge in [-0.05, 0) is 34.6 Å². The maximum Gasteiger partial charge on any atom is 0.453 e. The van der Waals surface area contributed by atoms with Crippen molar-refractivity contribution in [2.45, 2.75) is 52.4 Å². The highest BCUT2D eigenvalue weighted by Crippen LogP contribution is 2.40. The van der Waals surface area contributed by atoms with Crippen LogP contribution in [0, 0.1) is 0 Å². The molecular formula is C26H29O3P. The SMILES string of the molecule is CC(C)(C)c1ccc(Op2oc3ccccc3c3cccc(C(C)(C)C)c3o2)cc1. The Hall–Kier alpha value is -2.64. The van der Waals surface area contributed by atoms with Crippen LogP contribution in [0.3, 0.4) is 0 Å². The van der Waals surface area contributed by atoms with Crippen molar-refractivity contribution in [3.8, 4) is 5.75 Å². The zero-order chi connectivity index (χ0) is 21.5. The number of fused-ring (bicyclic) bond motifs is 3. The Kier molecular flexibility index (Phi) is 5.20. The third kappa shape index (κ3) is 4.13. The van der Waals surface area contributed by atoms with Gasteiger partial charge in [0.1, 0.15) is 16.9 Å². The quantitative estimate of drug-likeness (QED) is 0.325. The second kappa shape index (κ2) is 7.56. The molecule has 1 heterocycles. The van der Waals surface area contributed by atoms with Gasteiger partial charge in [0, 0.05) is 16.3 Å². The van der Waals surface area contributed by atoms with E-state index in [0.717, 1.165) is 33.3 Å². The van der Waals surface area contributed by atoms with Gasteiger partial charge in [0.25, 0.3) is 0 Å². The summed E-state index contributed by atoms with van der Waals surface area (Å²) in [4.78, 5) is 0. The average Bonchev–Trinajstić information content (AvgIpc) is 2.83. The Morgan fingerprint density at radius 2 is 1.33 bits per heavy atom. The maximum atomic E-state index is 6.42. The van der Waals surface area contributed by atoms with E-state index in [-0.39, 0.29) is 10.8 Å². The molecule has 0 aliphatic rings. The van der Waals surface area contributed by atoms with Gasteiger partial charge in [0.05, 0.1) is 0 Å². The van der Waals surface area contributed by atoms with Crippen molar-refractivity contribution < 1.29 is 12.9 Å². The van der Waals surface area contributed by atoms with Crippen molar-refractivity contribution in [2.24, 2.45) is 0 Å². The fourth-order valence-corrected chi connectivity index (χ4v) is 4.59. The maximum absolute atomic E-state index is 6.42. The van der Waals surface area contributed by atoms with Gasteiger partial charge in [-0.2, -0.15) is 0 Å². The molecule has 1 unspecified atom stereocenters. The number of benzene rings is 3. The van der Waals surface area contributed by atoms with Crippen LogP contribution in [0.5, 0.6) is 5.75 Å². The van der Waals surface area contributed by atoms with Gasteiger partial charge in [-0.3, -0.25) is 0 Å². The average molecular weight is 420 g/mol. The summed E-state index contributed by atoms with van der Waals surface area (Å²) in [6.45, 7) is 13.2. The lowest BCUT2D eigenvalue weighted by atomic mass is 9.86. The molecule has 0 amide bonds. The van der Waals surface area contributed by atoms with Crippen molar-refractivity contribution in [1.29, 1.82) is 0 Å². The first-order valence-corrected chi connectivity index (χ1v) is 11.4. The molecule has 30 heavy (non-hydrogen) atoms. The summed E-state index contributed by atoms with van der Waals surface area (Å²) in [5.41, 5.74) is 4.04. The Morgan fingerprint density at radius 1 is 0.667 bits per heavy atom. The first-order chi connectivity index (χ1) is 14.1. The van der Waals surface area contributed by atoms with Crippen molar-refractivity contribution in [3.63, 3.8) is 0 Å². The minimum atomic E-state index is -1.65. The lowest BCUT2D eigenvalue weighted by molar-refractivity contribution is 0.492. The van der Waals surface area contributed by atoms with Crippen molar-refractivity contribution >= 4 is 30.2 Å². The third-order valence-corrected chi connectivity index (χ3v) is 6.28. The lowest BCUT2D eigenvalue weighted by Gasteiger charge is -2.19. The van der Waals surface area contributed by atoms with E-state index in [9.17, 15) is 0 Å². The van der Waals surface area contributed by atoms with Gasteiger partial charge in [-0.25, -0.2) is 0 Å². The van der Waals surface area contributed by atoms with Crippen LogP contribution in [0.4, 0.5) is 0 Å². The molecule has 3 aromatic carbocycles. The van der Waals surface area contributed by atoms with Gasteiger partial charge in [-0.1, -0.05) is 90.1 Å². The highest BCUT2D eigenvalue weighted by molar-refractivity contribution is 7.32. The van der Waals surface area contributed by atoms with E-state index in [4.69, 9.17) is 12.9 Å². The monoisotopic (exact) mass is 420 g/mol. The first-order valence-electron chi connectivity index (χ1n) is 10.3. The summed E-state index contributed by atoms with van der Waals surface area (Å²) >= 11 is 0. The van der Waals surface area contributed by atoms with E-state index in [1.54, 1.807) is 0 Å². The van der Waals surface area contributed by atoms with Gasteiger partial charge in [-0.15, -0.1) is 0 Å². The van der Waals surface area contributed by atoms with E-state index in [2.05, 4.69) is 77.9 Å². The highest BCUT2D eigenvalue weighted by atomic mass is 31.1. The van der Waals surface area contributed by atoms with Crippen LogP contribution in [-0.2, 0) is 10.8 Å². The Balaban J connectivity index is 1.91. The fraction of sp³-hybridized carbons (Fsp3) is 0.308. The predicted molar refractivity (Wildman–Crippen MR) is 126 cm³/mol. The molecule has 0 spiro atoms. The zero-order valence-corrected chi connectivity index (χ0v) is 19.4. The lowest BCUT2D eigenvalue weighted by Crippen LogP contribution is -2.11. The second-order valence-corrected chi connectivity index (χ2v) is 10.7. The Morgan fingerprint density at radius 3 is 2.00 bits per heavy atom. The highest BCUT2D eigenvalue weighted by Gasteiger charge is 2.20. The van der Waals surface area contributed by atoms with Gasteiger partial charge in [0.15, 0.2) is 0 Å². The summed E-state index contributed by atoms with van der Waals surface area (Å²) in [5, 5.41) is 2.06. The van der Waals surface area contributed by atoms with E-state index >= 15 is 0 Å². The number of hydrogen-bond donors (Lipinski definition) is 0. The predicted octanol–water partition coefficient (Wildman–Crippen LogP) is 8.73. The molecule has 0 N–H and O–H groups in total. The van der Waals surface area contributed by atoms with Gasteiger partial charge in [0.2, 0.25) is 0 Å². The van der Waals surface area contributed by atoms with Crippen LogP contribution in [0.25, 0.3) is 21.9 Å². The summed E-state index contributed by atoms with van der Waals surface area (Å²) in [6.07, 6.45) is 0. The zero-order valence-electron chi connectivity index (χ0n) is 18.5. The molecule has 0 bridgehead atoms. The van der Waals surface area contributed by atoms with Crippen LogP contribution >= 0.6 is 8.24 Å². The van der Waals surface area contributed by atoms with Gasteiger partial charge < -0.3 is 12.9 Å². The Labute approximate surface area is 179 Å². The molecule has 1 atom stereocenters. The Bertz CT molecular complexity index is 1220. The number of rotatable bonds is 2. The van der Waals surface area contributed by atoms with Crippen LogP contribution in [0.2, 0.25) is 0 Å². The van der Waals surface area contributed by atoms with E-state index in [1.165, 1.54) is 5.56 Å². The standard InChI is InChI=1S/C26H29O3P/c1-25(2,3)18-14-16-19(17-15-18)27-30-28-23-13-8-7-10-20(23)21-11-9-12-22(24(21)29-30)26(4,5)6/h7-17H,1-6H3. The van der Waals surface area contributed by atoms with E-state index < -0.39 is 8.24 Å². The molecule has 1 aromatic heterocycles. The fourth-order valence-electron chi connectivity index (χ4n) is 3.52. The molecule has 0 saturated heterocycles. The molecule has 0 aliphatic heterocycles. The van der Waals surface area contributed by atoms with Crippen LogP contribution in [0.15, 0.2) is 75.1 Å². The smallest absolute Gasteiger partial charge is 0.391 e. The van der Waals surface area contributed by atoms with E-state index in [0.29, 0.717) is 0 Å². The topological polar surface area (TPSA) is 35.5 Å². The third-order valence-electron chi connectivity index (χ3n) is 5.24. The molecular weight excluding hydrogens is 391 g/mol. The van der Waals surface area contributed by atoms with Crippen molar-refractivity contribution in [1.82, 2.24) is 0 Å². The van der Waals surface area contributed by atoms with Crippen molar-refractivity contribution in [3.05, 3.63) is 77.9 Å². The molecule has 0 fully saturated rings. The summed E-state index contributed by atoms with van der Waals surface area (Å²) in [7, 11) is -1.65. The number of hydrogen-bond acceptors (Lipinski definition) is 3. The summed E-state index contributed by atoms with van der Waals surface area (Å²) in [6, 6.07) is 22.5. The van der Waals surface area contributed by atoms with Crippen LogP contribution in [0.1, 0.15) is 52.7 Å². The molecule has 0 radical (unpaired) electrons. The van der Waals surface area contributed by atoms with Gasteiger partial charge >= 0.3 is 8.24 Å². The molecule has 156 valence electrons. The minimum absolute atomic E-state index is 0.0695. The van der Waals surface area contributed by atoms with Crippen LogP contribution in [-0.4, -0.2) is 0 Å². The normalized spacial score (nSPS) is 12.9. The summed E-state index contributed by atoms with van der Waals surface area (Å²) < 4.78 is 18.9. The summed E-state index contributed by atoms with van der Waals surface area (Å²) in [5.74, 6) is 0.739. The largest absolute Gasteiger partial charge is 0.453 e. The molecule has 4 heteroatoms. The molecule has 4 aromatic rings. The van der Waals surface area contributed by atoms with Crippen molar-refractivity contribution in [2.75, 3.05) is 0 Å².